The minimum Gasteiger partial charge on any atom is -0.481 e. The third kappa shape index (κ3) is 21.9. The maximum absolute atomic E-state index is 13.7. The molecular formula is C48H64N10O16. The van der Waals surface area contributed by atoms with E-state index in [9.17, 15) is 73.5 Å². The molecule has 0 saturated carbocycles. The van der Waals surface area contributed by atoms with Crippen molar-refractivity contribution in [2.45, 2.75) is 63.2 Å². The van der Waals surface area contributed by atoms with E-state index >= 15 is 0 Å². The summed E-state index contributed by atoms with van der Waals surface area (Å²) in [6.45, 7) is 0.827. The summed E-state index contributed by atoms with van der Waals surface area (Å²) in [4.78, 5) is 133. The van der Waals surface area contributed by atoms with Crippen LogP contribution in [0.4, 0.5) is 4.79 Å². The number of urea groups is 1. The van der Waals surface area contributed by atoms with Crippen LogP contribution in [0.1, 0.15) is 53.7 Å². The Hall–Kier alpha value is -7.81. The zero-order valence-electron chi connectivity index (χ0n) is 40.6. The molecular weight excluding hydrogens is 973 g/mol. The van der Waals surface area contributed by atoms with Crippen LogP contribution in [0, 0.1) is 0 Å². The summed E-state index contributed by atoms with van der Waals surface area (Å²) in [7, 11) is 0. The number of rotatable bonds is 27. The number of nitrogens with one attached hydrogen (secondary N) is 5. The van der Waals surface area contributed by atoms with Gasteiger partial charge in [0.1, 0.15) is 18.1 Å². The molecule has 2 heterocycles. The molecule has 26 nitrogen and oxygen atoms in total. The zero-order valence-corrected chi connectivity index (χ0v) is 40.6. The van der Waals surface area contributed by atoms with Crippen molar-refractivity contribution < 1.29 is 78.6 Å². The average molecular weight is 1040 g/mol. The van der Waals surface area contributed by atoms with Crippen LogP contribution in [0.5, 0.6) is 0 Å². The SMILES string of the molecule is O=C(O)CC[C@H](NC(=O)N[C@@H](CCCCNC(=O)[C@H](Cc1ccc2ccccc2c1)NC(=O)c1ccc(CNC(=O)CN2CCN(CC(=O)O)CCN(CC(=O)O)CCN(CC(=O)O)CC2)nc1)C(=O)O)C(=O)O. The molecule has 0 radical (unpaired) electrons. The number of carboxylic acids is 6. The molecule has 5 amide bonds. The molecule has 0 spiro atoms. The predicted molar refractivity (Wildman–Crippen MR) is 262 cm³/mol. The number of hydrogen-bond donors (Lipinski definition) is 11. The Morgan fingerprint density at radius 1 is 0.541 bits per heavy atom. The summed E-state index contributed by atoms with van der Waals surface area (Å²) in [6, 6.07) is 11.0. The molecule has 1 aliphatic rings. The summed E-state index contributed by atoms with van der Waals surface area (Å²) in [5.74, 6) is -8.98. The van der Waals surface area contributed by atoms with Gasteiger partial charge in [-0.25, -0.2) is 14.4 Å². The summed E-state index contributed by atoms with van der Waals surface area (Å²) in [5.41, 5.74) is 1.23. The number of aromatic nitrogens is 1. The van der Waals surface area contributed by atoms with Crippen LogP contribution in [-0.2, 0) is 51.3 Å². The number of nitrogens with zero attached hydrogens (tertiary/aromatic N) is 5. The van der Waals surface area contributed by atoms with Gasteiger partial charge in [0.2, 0.25) is 11.8 Å². The van der Waals surface area contributed by atoms with Gasteiger partial charge < -0.3 is 57.2 Å². The van der Waals surface area contributed by atoms with E-state index < -0.39 is 90.5 Å². The molecule has 1 saturated heterocycles. The number of benzene rings is 2. The lowest BCUT2D eigenvalue weighted by Crippen LogP contribution is -2.51. The summed E-state index contributed by atoms with van der Waals surface area (Å²) in [5, 5.41) is 70.7. The van der Waals surface area contributed by atoms with Gasteiger partial charge in [0, 0.05) is 77.9 Å². The van der Waals surface area contributed by atoms with Crippen LogP contribution in [0.25, 0.3) is 10.8 Å². The number of amides is 5. The van der Waals surface area contributed by atoms with Crippen LogP contribution in [0.3, 0.4) is 0 Å². The molecule has 0 unspecified atom stereocenters. The van der Waals surface area contributed by atoms with Gasteiger partial charge in [0.15, 0.2) is 0 Å². The lowest BCUT2D eigenvalue weighted by atomic mass is 10.0. The summed E-state index contributed by atoms with van der Waals surface area (Å²) >= 11 is 0. The van der Waals surface area contributed by atoms with Crippen molar-refractivity contribution in [2.75, 3.05) is 85.1 Å². The maximum atomic E-state index is 13.7. The van der Waals surface area contributed by atoms with E-state index in [0.29, 0.717) is 5.69 Å². The number of carboxylic acid groups (broad SMARTS) is 6. The lowest BCUT2D eigenvalue weighted by molar-refractivity contribution is -0.141. The highest BCUT2D eigenvalue weighted by molar-refractivity contribution is 5.97. The van der Waals surface area contributed by atoms with Gasteiger partial charge in [-0.1, -0.05) is 42.5 Å². The first-order valence-corrected chi connectivity index (χ1v) is 23.8. The molecule has 1 aliphatic heterocycles. The minimum absolute atomic E-state index is 0.0342. The van der Waals surface area contributed by atoms with E-state index in [1.807, 2.05) is 42.5 Å². The number of pyridine rings is 1. The molecule has 74 heavy (non-hydrogen) atoms. The fourth-order valence-corrected chi connectivity index (χ4v) is 7.90. The largest absolute Gasteiger partial charge is 0.481 e. The average Bonchev–Trinajstić information content (AvgIpc) is 3.34. The van der Waals surface area contributed by atoms with E-state index in [2.05, 4.69) is 31.6 Å². The van der Waals surface area contributed by atoms with Gasteiger partial charge in [-0.15, -0.1) is 0 Å². The first-order chi connectivity index (χ1) is 35.2. The van der Waals surface area contributed by atoms with Gasteiger partial charge in [-0.3, -0.25) is 58.1 Å². The quantitative estimate of drug-likeness (QED) is 0.0409. The minimum atomic E-state index is -1.57. The van der Waals surface area contributed by atoms with Crippen molar-refractivity contribution in [3.63, 3.8) is 0 Å². The number of fused-ring (bicyclic) bond motifs is 1. The molecule has 0 bridgehead atoms. The molecule has 4 rings (SSSR count). The van der Waals surface area contributed by atoms with E-state index in [-0.39, 0.29) is 123 Å². The normalized spacial score (nSPS) is 15.5. The number of carbonyl (C=O) groups excluding carboxylic acids is 4. The monoisotopic (exact) mass is 1040 g/mol. The number of aliphatic carboxylic acids is 6. The van der Waals surface area contributed by atoms with Crippen LogP contribution < -0.4 is 26.6 Å². The van der Waals surface area contributed by atoms with E-state index in [0.717, 1.165) is 16.3 Å². The highest BCUT2D eigenvalue weighted by atomic mass is 16.4. The van der Waals surface area contributed by atoms with Crippen molar-refractivity contribution in [2.24, 2.45) is 0 Å². The lowest BCUT2D eigenvalue weighted by Gasteiger charge is -2.32. The number of carbonyl (C=O) groups is 10. The van der Waals surface area contributed by atoms with E-state index in [1.54, 1.807) is 19.6 Å². The first kappa shape index (κ1) is 58.8. The Morgan fingerprint density at radius 2 is 1.07 bits per heavy atom. The van der Waals surface area contributed by atoms with Gasteiger partial charge in [0.05, 0.1) is 44.0 Å². The molecule has 0 aliphatic carbocycles. The Kier molecular flexibility index (Phi) is 24.0. The van der Waals surface area contributed by atoms with Crippen LogP contribution >= 0.6 is 0 Å². The molecule has 3 atom stereocenters. The molecule has 1 aromatic heterocycles. The smallest absolute Gasteiger partial charge is 0.326 e. The van der Waals surface area contributed by atoms with Crippen LogP contribution in [-0.4, -0.2) is 218 Å². The van der Waals surface area contributed by atoms with Crippen LogP contribution in [0.15, 0.2) is 60.8 Å². The Bertz CT molecular complexity index is 2410. The van der Waals surface area contributed by atoms with E-state index in [4.69, 9.17) is 5.11 Å². The Balaban J connectivity index is 1.35. The summed E-state index contributed by atoms with van der Waals surface area (Å²) in [6.07, 6.45) is 0.747. The van der Waals surface area contributed by atoms with Crippen molar-refractivity contribution >= 4 is 70.3 Å². The molecule has 402 valence electrons. The van der Waals surface area contributed by atoms with Crippen LogP contribution in [0.2, 0.25) is 0 Å². The fourth-order valence-electron chi connectivity index (χ4n) is 7.90. The molecule has 11 N–H and O–H groups in total. The summed E-state index contributed by atoms with van der Waals surface area (Å²) < 4.78 is 0. The van der Waals surface area contributed by atoms with Gasteiger partial charge >= 0.3 is 41.8 Å². The molecule has 2 aromatic carbocycles. The van der Waals surface area contributed by atoms with Crippen molar-refractivity contribution in [3.05, 3.63) is 77.6 Å². The van der Waals surface area contributed by atoms with Crippen molar-refractivity contribution in [1.82, 2.24) is 51.2 Å². The Morgan fingerprint density at radius 3 is 1.57 bits per heavy atom. The van der Waals surface area contributed by atoms with Crippen molar-refractivity contribution in [3.8, 4) is 0 Å². The predicted octanol–water partition coefficient (Wildman–Crippen LogP) is -0.976. The molecule has 3 aromatic rings. The molecule has 26 heteroatoms. The van der Waals surface area contributed by atoms with Crippen molar-refractivity contribution in [1.29, 1.82) is 0 Å². The van der Waals surface area contributed by atoms with E-state index in [1.165, 1.54) is 18.3 Å². The maximum Gasteiger partial charge on any atom is 0.326 e. The second-order valence-corrected chi connectivity index (χ2v) is 17.6. The third-order valence-electron chi connectivity index (χ3n) is 11.9. The standard InChI is InChI=1S/C48H64N10O16/c59-39(27-55-15-17-56(28-41(62)63)19-21-58(30-43(66)67)22-20-57(18-16-55)29-42(64)65)51-26-35-11-10-34(25-50-35)44(68)52-38(24-31-8-9-32-5-1-2-6-33(32)23-31)45(69)49-14-4-3-7-36(46(70)71)53-48(74)54-37(47(72)73)12-13-40(60)61/h1-2,5-6,8-11,23,25,36-38H,3-4,7,12-22,24,26-30H2,(H,49,69)(H,51,59)(H,52,68)(H,60,61)(H,62,63)(H,64,65)(H,66,67)(H,70,71)(H,72,73)(H2,53,54,74)/t36-,37-,38-/m0/s1. The molecule has 1 fully saturated rings. The number of unbranched alkanes of at least 4 members (excludes halogenated alkanes) is 1. The fraction of sp³-hybridized carbons (Fsp3) is 0.479. The van der Waals surface area contributed by atoms with Gasteiger partial charge in [-0.2, -0.15) is 0 Å². The third-order valence-corrected chi connectivity index (χ3v) is 11.9. The topological polar surface area (TPSA) is 378 Å². The first-order valence-electron chi connectivity index (χ1n) is 23.8. The second-order valence-electron chi connectivity index (χ2n) is 17.6. The second kappa shape index (κ2) is 30.3. The Labute approximate surface area is 425 Å². The van der Waals surface area contributed by atoms with Gasteiger partial charge in [-0.05, 0) is 54.2 Å². The van der Waals surface area contributed by atoms with Gasteiger partial charge in [0.25, 0.3) is 5.91 Å². The number of hydrogen-bond acceptors (Lipinski definition) is 15. The zero-order chi connectivity index (χ0) is 54.2. The highest BCUT2D eigenvalue weighted by Crippen LogP contribution is 2.17. The highest BCUT2D eigenvalue weighted by Gasteiger charge is 2.27.